The minimum Gasteiger partial charge on any atom is -0.497 e. The van der Waals surface area contributed by atoms with Gasteiger partial charge in [0.1, 0.15) is 22.9 Å². The van der Waals surface area contributed by atoms with Crippen molar-refractivity contribution in [2.24, 2.45) is 0 Å². The summed E-state index contributed by atoms with van der Waals surface area (Å²) in [5.74, 6) is 0.847. The minimum absolute atomic E-state index is 0.0542. The minimum atomic E-state index is -0.457. The van der Waals surface area contributed by atoms with E-state index in [0.717, 1.165) is 0 Å². The number of pyridine rings is 1. The first-order valence-corrected chi connectivity index (χ1v) is 10.2. The van der Waals surface area contributed by atoms with Gasteiger partial charge in [0.15, 0.2) is 0 Å². The van der Waals surface area contributed by atoms with Crippen LogP contribution in [0.15, 0.2) is 72.6 Å². The lowest BCUT2D eigenvalue weighted by molar-refractivity contribution is -0.137. The smallest absolute Gasteiger partial charge is 0.278 e. The molecule has 0 radical (unpaired) electrons. The first kappa shape index (κ1) is 21.9. The molecular formula is C25H23N3O5. The van der Waals surface area contributed by atoms with Crippen molar-refractivity contribution in [2.75, 3.05) is 26.6 Å². The van der Waals surface area contributed by atoms with Crippen LogP contribution < -0.4 is 19.5 Å². The summed E-state index contributed by atoms with van der Waals surface area (Å²) >= 11 is 0. The molecule has 0 fully saturated rings. The lowest BCUT2D eigenvalue weighted by atomic mass is 10.0. The number of carbonyl (C=O) groups excluding carboxylic acids is 2. The zero-order valence-electron chi connectivity index (χ0n) is 18.5. The van der Waals surface area contributed by atoms with Gasteiger partial charge in [-0.1, -0.05) is 18.2 Å². The largest absolute Gasteiger partial charge is 0.497 e. The van der Waals surface area contributed by atoms with Gasteiger partial charge in [-0.15, -0.1) is 0 Å². The highest BCUT2D eigenvalue weighted by molar-refractivity contribution is 6.36. The quantitative estimate of drug-likeness (QED) is 0.531. The zero-order chi connectivity index (χ0) is 23.4. The van der Waals surface area contributed by atoms with E-state index in [2.05, 4.69) is 10.3 Å². The van der Waals surface area contributed by atoms with Gasteiger partial charge >= 0.3 is 0 Å². The van der Waals surface area contributed by atoms with E-state index in [1.807, 2.05) is 6.07 Å². The second-order valence-corrected chi connectivity index (χ2v) is 7.19. The van der Waals surface area contributed by atoms with Crippen LogP contribution >= 0.6 is 0 Å². The van der Waals surface area contributed by atoms with Gasteiger partial charge in [-0.2, -0.15) is 0 Å². The molecule has 3 aromatic rings. The molecule has 0 aliphatic carbocycles. The molecule has 0 unspecified atom stereocenters. The highest BCUT2D eigenvalue weighted by Gasteiger charge is 2.39. The molecule has 1 aliphatic heterocycles. The van der Waals surface area contributed by atoms with E-state index in [9.17, 15) is 9.59 Å². The number of carbonyl (C=O) groups is 2. The third-order valence-corrected chi connectivity index (χ3v) is 5.26. The van der Waals surface area contributed by atoms with Crippen molar-refractivity contribution in [2.45, 2.75) is 6.54 Å². The van der Waals surface area contributed by atoms with E-state index >= 15 is 0 Å². The number of amides is 2. The van der Waals surface area contributed by atoms with Crippen LogP contribution in [-0.4, -0.2) is 43.0 Å². The van der Waals surface area contributed by atoms with Gasteiger partial charge in [0, 0.05) is 12.3 Å². The third-order valence-electron chi connectivity index (χ3n) is 5.26. The number of hydrogen-bond donors (Lipinski definition) is 1. The van der Waals surface area contributed by atoms with E-state index in [1.54, 1.807) is 75.0 Å². The summed E-state index contributed by atoms with van der Waals surface area (Å²) in [5, 5.41) is 3.12. The Kier molecular flexibility index (Phi) is 6.26. The average molecular weight is 445 g/mol. The molecule has 8 heteroatoms. The molecule has 2 heterocycles. The Morgan fingerprint density at radius 1 is 0.848 bits per heavy atom. The van der Waals surface area contributed by atoms with Crippen molar-refractivity contribution in [1.82, 2.24) is 9.88 Å². The van der Waals surface area contributed by atoms with Crippen LogP contribution in [0.25, 0.3) is 5.57 Å². The maximum atomic E-state index is 13.4. The second-order valence-electron chi connectivity index (χ2n) is 7.19. The fraction of sp³-hybridized carbons (Fsp3) is 0.160. The summed E-state index contributed by atoms with van der Waals surface area (Å²) in [7, 11) is 4.64. The van der Waals surface area contributed by atoms with Gasteiger partial charge in [-0.25, -0.2) is 0 Å². The highest BCUT2D eigenvalue weighted by atomic mass is 16.5. The summed E-state index contributed by atoms with van der Waals surface area (Å²) in [5.41, 5.74) is 2.09. The molecule has 1 aromatic heterocycles. The molecule has 8 nitrogen and oxygen atoms in total. The van der Waals surface area contributed by atoms with E-state index in [-0.39, 0.29) is 17.8 Å². The van der Waals surface area contributed by atoms with E-state index in [4.69, 9.17) is 14.2 Å². The van der Waals surface area contributed by atoms with Crippen LogP contribution in [0.1, 0.15) is 11.3 Å². The standard InChI is InChI=1S/C25H23N3O5/c1-31-18-9-7-16(8-10-18)22-23(27-20-14-19(32-2)11-12-21(20)33-3)25(30)28(24(22)29)15-17-6-4-5-13-26-17/h4-14,27H,15H2,1-3H3. The number of benzene rings is 2. The van der Waals surface area contributed by atoms with Crippen molar-refractivity contribution < 1.29 is 23.8 Å². The third kappa shape index (κ3) is 4.36. The Bertz CT molecular complexity index is 1210. The van der Waals surface area contributed by atoms with Crippen LogP contribution in [0.2, 0.25) is 0 Å². The zero-order valence-corrected chi connectivity index (χ0v) is 18.5. The van der Waals surface area contributed by atoms with Crippen molar-refractivity contribution >= 4 is 23.1 Å². The average Bonchev–Trinajstić information content (AvgIpc) is 3.08. The van der Waals surface area contributed by atoms with Gasteiger partial charge in [-0.05, 0) is 42.0 Å². The number of methoxy groups -OCH3 is 3. The van der Waals surface area contributed by atoms with Crippen LogP contribution in [0.5, 0.6) is 17.2 Å². The predicted octanol–water partition coefficient (Wildman–Crippen LogP) is 3.50. The van der Waals surface area contributed by atoms with Gasteiger partial charge in [0.2, 0.25) is 0 Å². The van der Waals surface area contributed by atoms with Gasteiger partial charge in [-0.3, -0.25) is 19.5 Å². The van der Waals surface area contributed by atoms with E-state index in [0.29, 0.717) is 34.2 Å². The molecule has 0 saturated carbocycles. The Balaban J connectivity index is 1.78. The van der Waals surface area contributed by atoms with E-state index < -0.39 is 11.8 Å². The van der Waals surface area contributed by atoms with Crippen LogP contribution in [0, 0.1) is 0 Å². The van der Waals surface area contributed by atoms with Gasteiger partial charge in [0.25, 0.3) is 11.8 Å². The number of ether oxygens (including phenoxy) is 3. The summed E-state index contributed by atoms with van der Waals surface area (Å²) in [4.78, 5) is 32.3. The molecule has 1 N–H and O–H groups in total. The molecule has 2 aromatic carbocycles. The molecule has 2 amide bonds. The Labute approximate surface area is 191 Å². The maximum absolute atomic E-state index is 13.4. The summed E-state index contributed by atoms with van der Waals surface area (Å²) in [6, 6.07) is 17.5. The molecule has 0 saturated heterocycles. The fourth-order valence-electron chi connectivity index (χ4n) is 3.56. The Morgan fingerprint density at radius 3 is 2.21 bits per heavy atom. The molecule has 0 bridgehead atoms. The Hall–Kier alpha value is -4.33. The van der Waals surface area contributed by atoms with Gasteiger partial charge < -0.3 is 19.5 Å². The predicted molar refractivity (Wildman–Crippen MR) is 123 cm³/mol. The highest BCUT2D eigenvalue weighted by Crippen LogP contribution is 2.36. The normalized spacial score (nSPS) is 13.4. The number of nitrogens with one attached hydrogen (secondary N) is 1. The number of imide groups is 1. The number of nitrogens with zero attached hydrogens (tertiary/aromatic N) is 2. The lowest BCUT2D eigenvalue weighted by Crippen LogP contribution is -2.32. The summed E-state index contributed by atoms with van der Waals surface area (Å²) in [6.07, 6.45) is 1.62. The molecular weight excluding hydrogens is 422 g/mol. The fourth-order valence-corrected chi connectivity index (χ4v) is 3.56. The SMILES string of the molecule is COc1ccc(C2=C(Nc3cc(OC)ccc3OC)C(=O)N(Cc3ccccn3)C2=O)cc1. The summed E-state index contributed by atoms with van der Waals surface area (Å²) < 4.78 is 16.0. The lowest BCUT2D eigenvalue weighted by Gasteiger charge is -2.16. The van der Waals surface area contributed by atoms with Crippen LogP contribution in [-0.2, 0) is 16.1 Å². The first-order valence-electron chi connectivity index (χ1n) is 10.2. The van der Waals surface area contributed by atoms with Crippen LogP contribution in [0.4, 0.5) is 5.69 Å². The molecule has 168 valence electrons. The van der Waals surface area contributed by atoms with Gasteiger partial charge in [0.05, 0.1) is 44.8 Å². The van der Waals surface area contributed by atoms with Crippen molar-refractivity contribution in [3.05, 3.63) is 83.8 Å². The number of hydrogen-bond acceptors (Lipinski definition) is 7. The first-order chi connectivity index (χ1) is 16.0. The van der Waals surface area contributed by atoms with Crippen molar-refractivity contribution in [3.8, 4) is 17.2 Å². The Morgan fingerprint density at radius 2 is 1.58 bits per heavy atom. The van der Waals surface area contributed by atoms with Crippen molar-refractivity contribution in [3.63, 3.8) is 0 Å². The monoisotopic (exact) mass is 445 g/mol. The maximum Gasteiger partial charge on any atom is 0.278 e. The number of anilines is 1. The number of rotatable bonds is 8. The second kappa shape index (κ2) is 9.44. The molecule has 1 aliphatic rings. The molecule has 4 rings (SSSR count). The number of aromatic nitrogens is 1. The van der Waals surface area contributed by atoms with Crippen LogP contribution in [0.3, 0.4) is 0 Å². The molecule has 33 heavy (non-hydrogen) atoms. The molecule has 0 atom stereocenters. The summed E-state index contributed by atoms with van der Waals surface area (Å²) in [6.45, 7) is 0.0542. The molecule has 0 spiro atoms. The topological polar surface area (TPSA) is 90.0 Å². The van der Waals surface area contributed by atoms with E-state index in [1.165, 1.54) is 12.0 Å². The van der Waals surface area contributed by atoms with Crippen molar-refractivity contribution in [1.29, 1.82) is 0 Å².